The number of likely N-dealkylation sites (tertiary alicyclic amines) is 1. The molecule has 0 atom stereocenters. The molecule has 3 aromatic heterocycles. The fourth-order valence-corrected chi connectivity index (χ4v) is 3.59. The number of nitrogens with one attached hydrogen (secondary N) is 1. The molecule has 6 heteroatoms. The number of fused-ring (bicyclic) bond motifs is 1. The summed E-state index contributed by atoms with van der Waals surface area (Å²) >= 11 is 0. The topological polar surface area (TPSA) is 58.5 Å². The van der Waals surface area contributed by atoms with Crippen LogP contribution in [-0.2, 0) is 6.54 Å². The zero-order chi connectivity index (χ0) is 18.1. The van der Waals surface area contributed by atoms with E-state index in [-0.39, 0.29) is 0 Å². The Morgan fingerprint density at radius 1 is 0.926 bits per heavy atom. The average molecular weight is 359 g/mol. The first-order valence-corrected chi connectivity index (χ1v) is 9.31. The van der Waals surface area contributed by atoms with Crippen molar-refractivity contribution in [2.75, 3.05) is 13.1 Å². The van der Waals surface area contributed by atoms with Gasteiger partial charge in [-0.25, -0.2) is 4.98 Å². The number of rotatable bonds is 5. The predicted octanol–water partition coefficient (Wildman–Crippen LogP) is 4.11. The van der Waals surface area contributed by atoms with Crippen molar-refractivity contribution in [3.8, 4) is 22.8 Å². The Balaban J connectivity index is 1.32. The predicted molar refractivity (Wildman–Crippen MR) is 104 cm³/mol. The van der Waals surface area contributed by atoms with Crippen LogP contribution >= 0.6 is 0 Å². The van der Waals surface area contributed by atoms with E-state index in [0.29, 0.717) is 0 Å². The molecule has 0 amide bonds. The molecule has 0 radical (unpaired) electrons. The Bertz CT molecular complexity index is 1030. The Morgan fingerprint density at radius 3 is 2.52 bits per heavy atom. The van der Waals surface area contributed by atoms with E-state index >= 15 is 0 Å². The molecular weight excluding hydrogens is 338 g/mol. The van der Waals surface area contributed by atoms with Crippen molar-refractivity contribution in [2.24, 2.45) is 0 Å². The first kappa shape index (κ1) is 16.1. The summed E-state index contributed by atoms with van der Waals surface area (Å²) in [7, 11) is 0. The molecule has 1 aliphatic rings. The SMILES string of the molecule is c1cc(-c2ccc(Oc3ccc4nc(CN5CCCC5)cn4c3)cc2)[nH]n1. The third-order valence-corrected chi connectivity index (χ3v) is 4.96. The molecule has 27 heavy (non-hydrogen) atoms. The van der Waals surface area contributed by atoms with Gasteiger partial charge in [-0.15, -0.1) is 0 Å². The minimum Gasteiger partial charge on any atom is -0.456 e. The molecule has 1 aromatic carbocycles. The van der Waals surface area contributed by atoms with Gasteiger partial charge in [0.15, 0.2) is 0 Å². The number of hydrogen-bond acceptors (Lipinski definition) is 4. The summed E-state index contributed by atoms with van der Waals surface area (Å²) < 4.78 is 8.06. The van der Waals surface area contributed by atoms with Gasteiger partial charge in [0.25, 0.3) is 0 Å². The van der Waals surface area contributed by atoms with Gasteiger partial charge in [-0.05, 0) is 74.0 Å². The van der Waals surface area contributed by atoms with Crippen molar-refractivity contribution in [3.05, 3.63) is 66.7 Å². The Labute approximate surface area is 157 Å². The van der Waals surface area contributed by atoms with Crippen LogP contribution < -0.4 is 4.74 Å². The Kier molecular flexibility index (Phi) is 4.10. The molecule has 4 aromatic rings. The first-order chi connectivity index (χ1) is 13.3. The monoisotopic (exact) mass is 359 g/mol. The highest BCUT2D eigenvalue weighted by Gasteiger charge is 2.13. The van der Waals surface area contributed by atoms with Crippen LogP contribution in [0.25, 0.3) is 16.9 Å². The lowest BCUT2D eigenvalue weighted by molar-refractivity contribution is 0.328. The van der Waals surface area contributed by atoms with Crippen LogP contribution in [0.5, 0.6) is 11.5 Å². The van der Waals surface area contributed by atoms with E-state index in [1.54, 1.807) is 6.20 Å². The molecule has 0 unspecified atom stereocenters. The zero-order valence-electron chi connectivity index (χ0n) is 15.0. The number of imidazole rings is 1. The van der Waals surface area contributed by atoms with Gasteiger partial charge in [-0.2, -0.15) is 5.10 Å². The number of pyridine rings is 1. The van der Waals surface area contributed by atoms with Gasteiger partial charge in [0, 0.05) is 18.9 Å². The molecule has 6 nitrogen and oxygen atoms in total. The normalized spacial score (nSPS) is 14.8. The second-order valence-corrected chi connectivity index (χ2v) is 6.94. The number of benzene rings is 1. The van der Waals surface area contributed by atoms with Gasteiger partial charge < -0.3 is 9.14 Å². The number of ether oxygens (including phenoxy) is 1. The number of hydrogen-bond donors (Lipinski definition) is 1. The van der Waals surface area contributed by atoms with Crippen LogP contribution in [0.1, 0.15) is 18.5 Å². The van der Waals surface area contributed by atoms with Crippen LogP contribution in [0, 0.1) is 0 Å². The number of aromatic nitrogens is 4. The van der Waals surface area contributed by atoms with Crippen LogP contribution in [0.2, 0.25) is 0 Å². The minimum absolute atomic E-state index is 0.793. The fraction of sp³-hybridized carbons (Fsp3) is 0.238. The lowest BCUT2D eigenvalue weighted by Crippen LogP contribution is -2.18. The molecule has 0 bridgehead atoms. The molecule has 1 saturated heterocycles. The zero-order valence-corrected chi connectivity index (χ0v) is 15.0. The summed E-state index contributed by atoms with van der Waals surface area (Å²) in [6, 6.07) is 13.9. The second kappa shape index (κ2) is 6.89. The highest BCUT2D eigenvalue weighted by Crippen LogP contribution is 2.25. The summed E-state index contributed by atoms with van der Waals surface area (Å²) in [6.07, 6.45) is 8.42. The van der Waals surface area contributed by atoms with Gasteiger partial charge in [0.2, 0.25) is 0 Å². The van der Waals surface area contributed by atoms with E-state index in [4.69, 9.17) is 9.72 Å². The molecule has 1 aliphatic heterocycles. The van der Waals surface area contributed by atoms with Gasteiger partial charge in [0.05, 0.1) is 17.6 Å². The summed E-state index contributed by atoms with van der Waals surface area (Å²) in [5.41, 5.74) is 4.13. The van der Waals surface area contributed by atoms with E-state index in [1.807, 2.05) is 53.1 Å². The largest absolute Gasteiger partial charge is 0.456 e. The van der Waals surface area contributed by atoms with Crippen molar-refractivity contribution in [2.45, 2.75) is 19.4 Å². The van der Waals surface area contributed by atoms with E-state index in [9.17, 15) is 0 Å². The quantitative estimate of drug-likeness (QED) is 0.582. The van der Waals surface area contributed by atoms with E-state index in [0.717, 1.165) is 40.6 Å². The molecule has 1 N–H and O–H groups in total. The fourth-order valence-electron chi connectivity index (χ4n) is 3.59. The van der Waals surface area contributed by atoms with Gasteiger partial charge in [-0.1, -0.05) is 0 Å². The molecule has 4 heterocycles. The smallest absolute Gasteiger partial charge is 0.144 e. The Morgan fingerprint density at radius 2 is 1.74 bits per heavy atom. The highest BCUT2D eigenvalue weighted by molar-refractivity contribution is 5.59. The molecule has 5 rings (SSSR count). The van der Waals surface area contributed by atoms with Crippen molar-refractivity contribution in [1.29, 1.82) is 0 Å². The summed E-state index contributed by atoms with van der Waals surface area (Å²) in [5.74, 6) is 1.59. The molecule has 0 aliphatic carbocycles. The van der Waals surface area contributed by atoms with Crippen LogP contribution in [0.3, 0.4) is 0 Å². The first-order valence-electron chi connectivity index (χ1n) is 9.31. The van der Waals surface area contributed by atoms with Gasteiger partial charge in [0.1, 0.15) is 17.1 Å². The number of aromatic amines is 1. The molecule has 0 saturated carbocycles. The molecule has 136 valence electrons. The van der Waals surface area contributed by atoms with Crippen molar-refractivity contribution < 1.29 is 4.74 Å². The van der Waals surface area contributed by atoms with Crippen molar-refractivity contribution >= 4 is 5.65 Å². The molecule has 0 spiro atoms. The summed E-state index contributed by atoms with van der Waals surface area (Å²) in [6.45, 7) is 3.28. The average Bonchev–Trinajstić information content (AvgIpc) is 3.44. The van der Waals surface area contributed by atoms with Gasteiger partial charge in [-0.3, -0.25) is 10.00 Å². The van der Waals surface area contributed by atoms with E-state index in [2.05, 4.69) is 21.3 Å². The maximum absolute atomic E-state index is 6.02. The highest BCUT2D eigenvalue weighted by atomic mass is 16.5. The van der Waals surface area contributed by atoms with Gasteiger partial charge >= 0.3 is 0 Å². The minimum atomic E-state index is 0.793. The van der Waals surface area contributed by atoms with E-state index < -0.39 is 0 Å². The van der Waals surface area contributed by atoms with Crippen LogP contribution in [0.4, 0.5) is 0 Å². The third-order valence-electron chi connectivity index (χ3n) is 4.96. The molecular formula is C21H21N5O. The standard InChI is InChI=1S/C21H21N5O/c1-2-12-25(11-1)13-17-14-26-15-19(7-8-21(26)23-17)27-18-5-3-16(4-6-18)20-9-10-22-24-20/h3-10,14-15H,1-2,11-13H2,(H,22,24). The van der Waals surface area contributed by atoms with E-state index in [1.165, 1.54) is 25.9 Å². The van der Waals surface area contributed by atoms with Crippen molar-refractivity contribution in [3.63, 3.8) is 0 Å². The Hall–Kier alpha value is -3.12. The van der Waals surface area contributed by atoms with Crippen molar-refractivity contribution in [1.82, 2.24) is 24.5 Å². The summed E-state index contributed by atoms with van der Waals surface area (Å²) in [5, 5.41) is 6.95. The second-order valence-electron chi connectivity index (χ2n) is 6.94. The summed E-state index contributed by atoms with van der Waals surface area (Å²) in [4.78, 5) is 7.18. The maximum Gasteiger partial charge on any atom is 0.144 e. The number of H-pyrrole nitrogens is 1. The number of nitrogens with zero attached hydrogens (tertiary/aromatic N) is 4. The lowest BCUT2D eigenvalue weighted by atomic mass is 10.1. The molecule has 1 fully saturated rings. The lowest BCUT2D eigenvalue weighted by Gasteiger charge is -2.11. The maximum atomic E-state index is 6.02. The third kappa shape index (κ3) is 3.44. The van der Waals surface area contributed by atoms with Crippen LogP contribution in [0.15, 0.2) is 61.1 Å². The van der Waals surface area contributed by atoms with Crippen LogP contribution in [-0.4, -0.2) is 37.6 Å².